The molecule has 0 amide bonds. The van der Waals surface area contributed by atoms with Gasteiger partial charge in [0.2, 0.25) is 5.82 Å². The molecule has 0 atom stereocenters. The molecule has 0 heterocycles. The van der Waals surface area contributed by atoms with Gasteiger partial charge in [0.05, 0.1) is 11.5 Å². The number of alkyl halides is 1. The summed E-state index contributed by atoms with van der Waals surface area (Å²) in [6, 6.07) is 2.31. The molecule has 1 rings (SSSR count). The summed E-state index contributed by atoms with van der Waals surface area (Å²) >= 11 is 3.09. The van der Waals surface area contributed by atoms with Crippen molar-refractivity contribution in [3.8, 4) is 0 Å². The summed E-state index contributed by atoms with van der Waals surface area (Å²) < 4.78 is 18.3. The van der Waals surface area contributed by atoms with Crippen molar-refractivity contribution in [1.29, 1.82) is 0 Å². The molecule has 0 radical (unpaired) electrons. The fourth-order valence-corrected chi connectivity index (χ4v) is 1.56. The highest BCUT2D eigenvalue weighted by molar-refractivity contribution is 9.08. The lowest BCUT2D eigenvalue weighted by Gasteiger charge is -2.05. The maximum Gasteiger partial charge on any atom is 0.341 e. The molecular weight excluding hydrogens is 297 g/mol. The predicted octanol–water partition coefficient (Wildman–Crippen LogP) is 2.81. The average molecular weight is 306 g/mol. The Morgan fingerprint density at radius 1 is 1.59 bits per heavy atom. The number of ether oxygens (including phenoxy) is 1. The van der Waals surface area contributed by atoms with Crippen molar-refractivity contribution in [2.45, 2.75) is 12.3 Å². The summed E-state index contributed by atoms with van der Waals surface area (Å²) in [5, 5.41) is 10.9. The Bertz CT molecular complexity index is 464. The maximum atomic E-state index is 13.7. The molecule has 0 bridgehead atoms. The van der Waals surface area contributed by atoms with E-state index in [2.05, 4.69) is 20.7 Å². The molecular formula is C10H9BrFNO4. The number of esters is 1. The van der Waals surface area contributed by atoms with Gasteiger partial charge in [-0.2, -0.15) is 4.39 Å². The first-order chi connectivity index (χ1) is 8.01. The minimum atomic E-state index is -1.17. The van der Waals surface area contributed by atoms with Crippen LogP contribution in [0.2, 0.25) is 0 Å². The first kappa shape index (κ1) is 13.6. The molecule has 1 aromatic carbocycles. The van der Waals surface area contributed by atoms with Gasteiger partial charge in [0.25, 0.3) is 0 Å². The third kappa shape index (κ3) is 3.00. The second kappa shape index (κ2) is 5.72. The fourth-order valence-electron chi connectivity index (χ4n) is 1.23. The largest absolute Gasteiger partial charge is 0.462 e. The highest BCUT2D eigenvalue weighted by Crippen LogP contribution is 2.24. The molecule has 0 N–H and O–H groups in total. The number of nitro benzene ring substituents is 1. The minimum absolute atomic E-state index is 0.0740. The Hall–Kier alpha value is -1.50. The fraction of sp³-hybridized carbons (Fsp3) is 0.300. The van der Waals surface area contributed by atoms with Crippen LogP contribution in [-0.4, -0.2) is 17.5 Å². The number of carbonyl (C=O) groups is 1. The summed E-state index contributed by atoms with van der Waals surface area (Å²) in [5.41, 5.74) is -0.721. The number of rotatable bonds is 4. The molecule has 0 saturated heterocycles. The summed E-state index contributed by atoms with van der Waals surface area (Å²) in [4.78, 5) is 21.2. The zero-order chi connectivity index (χ0) is 13.0. The monoisotopic (exact) mass is 305 g/mol. The van der Waals surface area contributed by atoms with Crippen molar-refractivity contribution < 1.29 is 18.8 Å². The van der Waals surface area contributed by atoms with Crippen molar-refractivity contribution >= 4 is 27.6 Å². The van der Waals surface area contributed by atoms with Crippen LogP contribution in [0.5, 0.6) is 0 Å². The van der Waals surface area contributed by atoms with Crippen LogP contribution in [0.25, 0.3) is 0 Å². The van der Waals surface area contributed by atoms with E-state index in [0.717, 1.165) is 6.07 Å². The van der Waals surface area contributed by atoms with E-state index in [1.807, 2.05) is 0 Å². The normalized spacial score (nSPS) is 10.1. The van der Waals surface area contributed by atoms with Crippen LogP contribution in [-0.2, 0) is 10.1 Å². The lowest BCUT2D eigenvalue weighted by atomic mass is 10.1. The van der Waals surface area contributed by atoms with Gasteiger partial charge in [0, 0.05) is 11.4 Å². The number of carbonyl (C=O) groups excluding carboxylic acids is 1. The Kier molecular flexibility index (Phi) is 4.56. The molecule has 0 saturated carbocycles. The van der Waals surface area contributed by atoms with Gasteiger partial charge >= 0.3 is 11.7 Å². The van der Waals surface area contributed by atoms with Gasteiger partial charge in [0.1, 0.15) is 5.56 Å². The van der Waals surface area contributed by atoms with Crippen molar-refractivity contribution in [2.75, 3.05) is 6.61 Å². The van der Waals surface area contributed by atoms with Crippen molar-refractivity contribution in [2.24, 2.45) is 0 Å². The molecule has 0 fully saturated rings. The standard InChI is InChI=1S/C10H9BrFNO4/c1-2-17-10(14)7-3-6(5-11)4-8(9(7)12)13(15)16/h3-4H,2,5H2,1H3. The molecule has 17 heavy (non-hydrogen) atoms. The van der Waals surface area contributed by atoms with Crippen LogP contribution in [0, 0.1) is 15.9 Å². The molecule has 0 aliphatic rings. The number of nitro groups is 1. The maximum absolute atomic E-state index is 13.7. The van der Waals surface area contributed by atoms with Gasteiger partial charge in [-0.15, -0.1) is 0 Å². The molecule has 0 unspecified atom stereocenters. The number of halogens is 2. The number of hydrogen-bond acceptors (Lipinski definition) is 4. The van der Waals surface area contributed by atoms with Crippen LogP contribution in [0.3, 0.4) is 0 Å². The molecule has 7 heteroatoms. The molecule has 92 valence electrons. The van der Waals surface area contributed by atoms with Gasteiger partial charge < -0.3 is 4.74 Å². The zero-order valence-electron chi connectivity index (χ0n) is 8.91. The number of nitrogens with zero attached hydrogens (tertiary/aromatic N) is 1. The van der Waals surface area contributed by atoms with E-state index in [1.165, 1.54) is 6.07 Å². The number of benzene rings is 1. The molecule has 5 nitrogen and oxygen atoms in total. The van der Waals surface area contributed by atoms with E-state index in [0.29, 0.717) is 5.56 Å². The van der Waals surface area contributed by atoms with E-state index in [4.69, 9.17) is 0 Å². The third-order valence-electron chi connectivity index (χ3n) is 1.96. The van der Waals surface area contributed by atoms with Crippen LogP contribution in [0.4, 0.5) is 10.1 Å². The minimum Gasteiger partial charge on any atom is -0.462 e. The van der Waals surface area contributed by atoms with Gasteiger partial charge in [-0.25, -0.2) is 4.79 Å². The number of hydrogen-bond donors (Lipinski definition) is 0. The predicted molar refractivity (Wildman–Crippen MR) is 61.6 cm³/mol. The molecule has 0 spiro atoms. The van der Waals surface area contributed by atoms with Crippen LogP contribution < -0.4 is 0 Å². The molecule has 1 aromatic rings. The quantitative estimate of drug-likeness (QED) is 0.371. The van der Waals surface area contributed by atoms with Crippen LogP contribution in [0.15, 0.2) is 12.1 Å². The van der Waals surface area contributed by atoms with Crippen molar-refractivity contribution in [3.63, 3.8) is 0 Å². The van der Waals surface area contributed by atoms with Gasteiger partial charge in [-0.1, -0.05) is 15.9 Å². The smallest absolute Gasteiger partial charge is 0.341 e. The molecule has 0 aromatic heterocycles. The van der Waals surface area contributed by atoms with E-state index in [9.17, 15) is 19.3 Å². The second-order valence-electron chi connectivity index (χ2n) is 3.09. The van der Waals surface area contributed by atoms with E-state index in [1.54, 1.807) is 6.92 Å². The van der Waals surface area contributed by atoms with Gasteiger partial charge in [-0.05, 0) is 18.6 Å². The SMILES string of the molecule is CCOC(=O)c1cc(CBr)cc([N+](=O)[O-])c1F. The Balaban J connectivity index is 3.33. The van der Waals surface area contributed by atoms with Crippen LogP contribution >= 0.6 is 15.9 Å². The summed E-state index contributed by atoms with van der Waals surface area (Å²) in [5.74, 6) is -2.07. The third-order valence-corrected chi connectivity index (χ3v) is 2.61. The first-order valence-corrected chi connectivity index (χ1v) is 5.83. The lowest BCUT2D eigenvalue weighted by molar-refractivity contribution is -0.387. The molecule has 0 aliphatic carbocycles. The highest BCUT2D eigenvalue weighted by atomic mass is 79.9. The molecule has 0 aliphatic heterocycles. The average Bonchev–Trinajstić information content (AvgIpc) is 2.29. The second-order valence-corrected chi connectivity index (χ2v) is 3.65. The first-order valence-electron chi connectivity index (χ1n) is 4.71. The Morgan fingerprint density at radius 3 is 2.71 bits per heavy atom. The Morgan fingerprint density at radius 2 is 2.24 bits per heavy atom. The topological polar surface area (TPSA) is 69.4 Å². The van der Waals surface area contributed by atoms with Gasteiger partial charge in [-0.3, -0.25) is 10.1 Å². The summed E-state index contributed by atoms with van der Waals surface area (Å²) in [7, 11) is 0. The lowest BCUT2D eigenvalue weighted by Crippen LogP contribution is -2.09. The van der Waals surface area contributed by atoms with E-state index >= 15 is 0 Å². The summed E-state index contributed by atoms with van der Waals surface area (Å²) in [6.45, 7) is 1.64. The van der Waals surface area contributed by atoms with Gasteiger partial charge in [0.15, 0.2) is 0 Å². The highest BCUT2D eigenvalue weighted by Gasteiger charge is 2.24. The Labute approximate surface area is 105 Å². The van der Waals surface area contributed by atoms with Crippen molar-refractivity contribution in [1.82, 2.24) is 0 Å². The van der Waals surface area contributed by atoms with E-state index < -0.39 is 28.0 Å². The van der Waals surface area contributed by atoms with E-state index in [-0.39, 0.29) is 11.9 Å². The van der Waals surface area contributed by atoms with Crippen molar-refractivity contribution in [3.05, 3.63) is 39.2 Å². The zero-order valence-corrected chi connectivity index (χ0v) is 10.5. The summed E-state index contributed by atoms with van der Waals surface area (Å²) in [6.07, 6.45) is 0. The van der Waals surface area contributed by atoms with Crippen LogP contribution in [0.1, 0.15) is 22.8 Å².